The summed E-state index contributed by atoms with van der Waals surface area (Å²) in [5.41, 5.74) is 1.75. The highest BCUT2D eigenvalue weighted by molar-refractivity contribution is 5.92. The summed E-state index contributed by atoms with van der Waals surface area (Å²) >= 11 is 0. The van der Waals surface area contributed by atoms with Crippen molar-refractivity contribution in [3.05, 3.63) is 34.9 Å². The molecule has 0 fully saturated rings. The van der Waals surface area contributed by atoms with Crippen molar-refractivity contribution in [3.63, 3.8) is 0 Å². The fraction of sp³-hybridized carbons (Fsp3) is 0.640. The molecule has 0 saturated carbocycles. The summed E-state index contributed by atoms with van der Waals surface area (Å²) in [6.07, 6.45) is -0.00800. The van der Waals surface area contributed by atoms with Crippen LogP contribution in [0.2, 0.25) is 0 Å². The largest absolute Gasteiger partial charge is 0.444 e. The number of nitrogens with zero attached hydrogens (tertiary/aromatic N) is 1. The molecule has 0 aromatic heterocycles. The molecule has 2 unspecified atom stereocenters. The van der Waals surface area contributed by atoms with E-state index in [1.54, 1.807) is 32.6 Å². The molecule has 0 radical (unpaired) electrons. The standard InChI is InChI=1S/C25H41N3O4/c1-11-14-28(22(30)18(4)26-23(31)32-25(8,9)10)20(21(29)27-24(5,6)7)19-13-12-16(2)17(3)15-19/h12-13,15,18,20H,11,14H2,1-10H3,(H,26,31)(H,27,29). The summed E-state index contributed by atoms with van der Waals surface area (Å²) < 4.78 is 5.29. The van der Waals surface area contributed by atoms with E-state index >= 15 is 0 Å². The van der Waals surface area contributed by atoms with Gasteiger partial charge in [-0.1, -0.05) is 25.1 Å². The van der Waals surface area contributed by atoms with E-state index in [1.807, 2.05) is 59.7 Å². The number of hydrogen-bond donors (Lipinski definition) is 2. The number of hydrogen-bond acceptors (Lipinski definition) is 4. The van der Waals surface area contributed by atoms with E-state index in [1.165, 1.54) is 0 Å². The number of aryl methyl sites for hydroxylation is 2. The van der Waals surface area contributed by atoms with Gasteiger partial charge in [-0.25, -0.2) is 4.79 Å². The van der Waals surface area contributed by atoms with Crippen LogP contribution in [-0.4, -0.2) is 46.5 Å². The highest BCUT2D eigenvalue weighted by atomic mass is 16.6. The van der Waals surface area contributed by atoms with Crippen molar-refractivity contribution in [2.75, 3.05) is 6.54 Å². The second kappa shape index (κ2) is 10.8. The van der Waals surface area contributed by atoms with Crippen LogP contribution in [0.15, 0.2) is 18.2 Å². The van der Waals surface area contributed by atoms with Gasteiger partial charge in [-0.05, 0) is 85.4 Å². The lowest BCUT2D eigenvalue weighted by molar-refractivity contribution is -0.142. The van der Waals surface area contributed by atoms with Crippen LogP contribution in [0.25, 0.3) is 0 Å². The highest BCUT2D eigenvalue weighted by Gasteiger charge is 2.35. The first-order valence-electron chi connectivity index (χ1n) is 11.2. The molecule has 0 aliphatic heterocycles. The van der Waals surface area contributed by atoms with Gasteiger partial charge >= 0.3 is 6.09 Å². The predicted octanol–water partition coefficient (Wildman–Crippen LogP) is 4.41. The van der Waals surface area contributed by atoms with Crippen LogP contribution in [0.3, 0.4) is 0 Å². The van der Waals surface area contributed by atoms with Crippen molar-refractivity contribution >= 4 is 17.9 Å². The van der Waals surface area contributed by atoms with Gasteiger partial charge in [-0.2, -0.15) is 0 Å². The summed E-state index contributed by atoms with van der Waals surface area (Å²) in [4.78, 5) is 40.6. The van der Waals surface area contributed by atoms with Gasteiger partial charge in [0.1, 0.15) is 17.7 Å². The SMILES string of the molecule is CCCN(C(=O)C(C)NC(=O)OC(C)(C)C)C(C(=O)NC(C)(C)C)c1ccc(C)c(C)c1. The van der Waals surface area contributed by atoms with Crippen LogP contribution in [0.1, 0.15) is 84.5 Å². The maximum absolute atomic E-state index is 13.4. The van der Waals surface area contributed by atoms with Crippen LogP contribution in [-0.2, 0) is 14.3 Å². The Morgan fingerprint density at radius 2 is 1.62 bits per heavy atom. The lowest BCUT2D eigenvalue weighted by Gasteiger charge is -2.35. The van der Waals surface area contributed by atoms with Gasteiger partial charge in [-0.15, -0.1) is 0 Å². The first-order chi connectivity index (χ1) is 14.6. The Bertz CT molecular complexity index is 821. The smallest absolute Gasteiger partial charge is 0.408 e. The zero-order valence-electron chi connectivity index (χ0n) is 21.4. The zero-order valence-corrected chi connectivity index (χ0v) is 21.4. The molecular formula is C25H41N3O4. The monoisotopic (exact) mass is 447 g/mol. The van der Waals surface area contributed by atoms with Gasteiger partial charge in [0.05, 0.1) is 0 Å². The average Bonchev–Trinajstić information content (AvgIpc) is 2.60. The first kappa shape index (κ1) is 27.5. The van der Waals surface area contributed by atoms with Crippen molar-refractivity contribution in [2.45, 2.75) is 98.9 Å². The molecule has 1 rings (SSSR count). The van der Waals surface area contributed by atoms with E-state index < -0.39 is 29.3 Å². The zero-order chi connectivity index (χ0) is 24.9. The Labute approximate surface area is 193 Å². The highest BCUT2D eigenvalue weighted by Crippen LogP contribution is 2.26. The van der Waals surface area contributed by atoms with E-state index in [0.29, 0.717) is 13.0 Å². The topological polar surface area (TPSA) is 87.7 Å². The minimum absolute atomic E-state index is 0.257. The number of carbonyl (C=O) groups is 3. The van der Waals surface area contributed by atoms with E-state index in [4.69, 9.17) is 4.74 Å². The number of ether oxygens (including phenoxy) is 1. The summed E-state index contributed by atoms with van der Waals surface area (Å²) in [6.45, 7) is 18.9. The van der Waals surface area contributed by atoms with E-state index in [0.717, 1.165) is 16.7 Å². The van der Waals surface area contributed by atoms with Crippen molar-refractivity contribution < 1.29 is 19.1 Å². The molecule has 0 spiro atoms. The molecule has 0 saturated heterocycles. The maximum Gasteiger partial charge on any atom is 0.408 e. The fourth-order valence-electron chi connectivity index (χ4n) is 3.25. The van der Waals surface area contributed by atoms with E-state index in [2.05, 4.69) is 10.6 Å². The molecule has 3 amide bonds. The molecule has 0 aliphatic carbocycles. The molecule has 7 heteroatoms. The van der Waals surface area contributed by atoms with Crippen LogP contribution in [0, 0.1) is 13.8 Å². The van der Waals surface area contributed by atoms with Crippen LogP contribution < -0.4 is 10.6 Å². The first-order valence-corrected chi connectivity index (χ1v) is 11.2. The van der Waals surface area contributed by atoms with Crippen LogP contribution >= 0.6 is 0 Å². The molecule has 32 heavy (non-hydrogen) atoms. The van der Waals surface area contributed by atoms with Crippen molar-refractivity contribution in [1.29, 1.82) is 0 Å². The molecule has 1 aromatic rings. The average molecular weight is 448 g/mol. The lowest BCUT2D eigenvalue weighted by atomic mass is 9.97. The van der Waals surface area contributed by atoms with Gasteiger partial charge in [0.15, 0.2) is 0 Å². The molecule has 1 aromatic carbocycles. The Balaban J connectivity index is 3.33. The summed E-state index contributed by atoms with van der Waals surface area (Å²) in [6, 6.07) is 4.12. The number of rotatable bonds is 7. The molecule has 7 nitrogen and oxygen atoms in total. The normalized spacial score (nSPS) is 13.7. The molecule has 0 heterocycles. The van der Waals surface area contributed by atoms with Gasteiger partial charge in [0, 0.05) is 12.1 Å². The quantitative estimate of drug-likeness (QED) is 0.648. The molecule has 0 aliphatic rings. The lowest BCUT2D eigenvalue weighted by Crippen LogP contribution is -2.54. The fourth-order valence-corrected chi connectivity index (χ4v) is 3.25. The number of amides is 3. The van der Waals surface area contributed by atoms with E-state index in [9.17, 15) is 14.4 Å². The molecule has 180 valence electrons. The Morgan fingerprint density at radius 1 is 1.03 bits per heavy atom. The minimum atomic E-state index is -0.854. The third-order valence-corrected chi connectivity index (χ3v) is 4.76. The number of alkyl carbamates (subject to hydrolysis) is 1. The third kappa shape index (κ3) is 8.52. The number of nitrogens with one attached hydrogen (secondary N) is 2. The van der Waals surface area contributed by atoms with Crippen molar-refractivity contribution in [3.8, 4) is 0 Å². The van der Waals surface area contributed by atoms with Crippen molar-refractivity contribution in [2.24, 2.45) is 0 Å². The Kier molecular flexibility index (Phi) is 9.30. The summed E-state index contributed by atoms with van der Waals surface area (Å²) in [7, 11) is 0. The molecular weight excluding hydrogens is 406 g/mol. The van der Waals surface area contributed by atoms with Crippen LogP contribution in [0.5, 0.6) is 0 Å². The van der Waals surface area contributed by atoms with Crippen molar-refractivity contribution in [1.82, 2.24) is 15.5 Å². The second-order valence-corrected chi connectivity index (χ2v) is 10.4. The Hall–Kier alpha value is -2.57. The van der Waals surface area contributed by atoms with Gasteiger partial charge < -0.3 is 20.3 Å². The minimum Gasteiger partial charge on any atom is -0.444 e. The summed E-state index contributed by atoms with van der Waals surface area (Å²) in [5.74, 6) is -0.600. The molecule has 2 atom stereocenters. The maximum atomic E-state index is 13.4. The van der Waals surface area contributed by atoms with E-state index in [-0.39, 0.29) is 11.8 Å². The molecule has 0 bridgehead atoms. The summed E-state index contributed by atoms with van der Waals surface area (Å²) in [5, 5.41) is 5.62. The number of carbonyl (C=O) groups excluding carboxylic acids is 3. The van der Waals surface area contributed by atoms with Gasteiger partial charge in [-0.3, -0.25) is 9.59 Å². The third-order valence-electron chi connectivity index (χ3n) is 4.76. The van der Waals surface area contributed by atoms with Gasteiger partial charge in [0.2, 0.25) is 11.8 Å². The predicted molar refractivity (Wildman–Crippen MR) is 127 cm³/mol. The van der Waals surface area contributed by atoms with Crippen LogP contribution in [0.4, 0.5) is 4.79 Å². The van der Waals surface area contributed by atoms with Gasteiger partial charge in [0.25, 0.3) is 0 Å². The number of benzene rings is 1. The molecule has 2 N–H and O–H groups in total. The Morgan fingerprint density at radius 3 is 2.09 bits per heavy atom. The second-order valence-electron chi connectivity index (χ2n) is 10.4.